The molecule has 0 spiro atoms. The monoisotopic (exact) mass is 447 g/mol. The van der Waals surface area contributed by atoms with Crippen LogP contribution in [0.25, 0.3) is 0 Å². The van der Waals surface area contributed by atoms with Crippen molar-refractivity contribution >= 4 is 33.5 Å². The normalized spacial score (nSPS) is 23.0. The summed E-state index contributed by atoms with van der Waals surface area (Å²) in [6.07, 6.45) is 0. The van der Waals surface area contributed by atoms with Crippen LogP contribution in [0.1, 0.15) is 15.9 Å². The molecule has 0 saturated carbocycles. The average molecular weight is 448 g/mol. The van der Waals surface area contributed by atoms with Crippen molar-refractivity contribution in [3.8, 4) is 5.75 Å². The minimum Gasteiger partial charge on any atom is -0.491 e. The molecule has 0 aliphatic carbocycles. The first kappa shape index (κ1) is 19.0. The smallest absolute Gasteiger partial charge is 0.187 e. The van der Waals surface area contributed by atoms with Crippen molar-refractivity contribution in [1.29, 1.82) is 0 Å². The van der Waals surface area contributed by atoms with Gasteiger partial charge in [0.1, 0.15) is 17.1 Å². The van der Waals surface area contributed by atoms with Gasteiger partial charge in [-0.05, 0) is 37.3 Å². The molecule has 0 aromatic heterocycles. The maximum Gasteiger partial charge on any atom is 0.187 e. The number of benzene rings is 2. The molecule has 142 valence electrons. The maximum absolute atomic E-state index is 13.7. The van der Waals surface area contributed by atoms with Gasteiger partial charge in [0, 0.05) is 29.0 Å². The number of fused-ring (bicyclic) bond motifs is 1. The number of Topliss-reactive ketones (excluding diaryl/α,β-unsaturated/α-hetero) is 1. The highest BCUT2D eigenvalue weighted by molar-refractivity contribution is 9.10. The van der Waals surface area contributed by atoms with Crippen LogP contribution in [0.2, 0.25) is 0 Å². The molecule has 4 nitrogen and oxygen atoms in total. The van der Waals surface area contributed by atoms with Crippen LogP contribution in [0.15, 0.2) is 51.8 Å². The first-order chi connectivity index (χ1) is 13.1. The number of hydrogen-bond acceptors (Lipinski definition) is 5. The Bertz CT molecular complexity index is 836. The Kier molecular flexibility index (Phi) is 5.60. The van der Waals surface area contributed by atoms with Crippen LogP contribution in [0.4, 0.5) is 0 Å². The van der Waals surface area contributed by atoms with Crippen molar-refractivity contribution in [3.63, 3.8) is 0 Å². The Labute approximate surface area is 172 Å². The van der Waals surface area contributed by atoms with Gasteiger partial charge < -0.3 is 9.47 Å². The number of thioether (sulfide) groups is 1. The second-order valence-electron chi connectivity index (χ2n) is 7.06. The third-order valence-corrected chi connectivity index (χ3v) is 6.80. The van der Waals surface area contributed by atoms with Crippen LogP contribution in [-0.2, 0) is 4.74 Å². The van der Waals surface area contributed by atoms with Crippen molar-refractivity contribution in [2.24, 2.45) is 0 Å². The lowest BCUT2D eigenvalue weighted by molar-refractivity contribution is 0.0287. The van der Waals surface area contributed by atoms with Crippen LogP contribution in [0.5, 0.6) is 5.75 Å². The molecule has 6 heteroatoms. The van der Waals surface area contributed by atoms with Crippen molar-refractivity contribution in [2.75, 3.05) is 39.5 Å². The third kappa shape index (κ3) is 4.09. The number of ketones is 1. The number of nitrogens with zero attached hydrogens (tertiary/aromatic N) is 1. The summed E-state index contributed by atoms with van der Waals surface area (Å²) in [6.45, 7) is 6.20. The van der Waals surface area contributed by atoms with Gasteiger partial charge in [-0.25, -0.2) is 0 Å². The molecular weight excluding hydrogens is 426 g/mol. The predicted molar refractivity (Wildman–Crippen MR) is 111 cm³/mol. The summed E-state index contributed by atoms with van der Waals surface area (Å²) in [5.74, 6) is 0.812. The van der Waals surface area contributed by atoms with Crippen LogP contribution in [0.3, 0.4) is 0 Å². The number of rotatable bonds is 4. The lowest BCUT2D eigenvalue weighted by Crippen LogP contribution is -2.54. The van der Waals surface area contributed by atoms with E-state index in [9.17, 15) is 4.79 Å². The van der Waals surface area contributed by atoms with E-state index >= 15 is 0 Å². The molecule has 0 unspecified atom stereocenters. The quantitative estimate of drug-likeness (QED) is 0.701. The molecule has 0 bridgehead atoms. The van der Waals surface area contributed by atoms with E-state index in [1.165, 1.54) is 5.56 Å². The summed E-state index contributed by atoms with van der Waals surface area (Å²) in [5.41, 5.74) is 1.87. The van der Waals surface area contributed by atoms with Gasteiger partial charge in [-0.1, -0.05) is 33.6 Å². The zero-order chi connectivity index (χ0) is 18.9. The van der Waals surface area contributed by atoms with Crippen LogP contribution in [-0.4, -0.2) is 54.9 Å². The molecule has 2 aromatic carbocycles. The SMILES string of the molecule is Cc1ccc(S[C@]2(CN3CCOCC3)COc3ccc(Br)cc3C2=O)cc1. The molecule has 1 atom stereocenters. The number of aryl methyl sites for hydroxylation is 1. The Balaban J connectivity index is 1.69. The third-order valence-electron chi connectivity index (χ3n) is 4.98. The maximum atomic E-state index is 13.7. The topological polar surface area (TPSA) is 38.8 Å². The molecule has 2 aliphatic heterocycles. The van der Waals surface area contributed by atoms with E-state index in [1.807, 2.05) is 18.2 Å². The van der Waals surface area contributed by atoms with Crippen LogP contribution < -0.4 is 4.74 Å². The van der Waals surface area contributed by atoms with E-state index < -0.39 is 4.75 Å². The molecular formula is C21H22BrNO3S. The van der Waals surface area contributed by atoms with Gasteiger partial charge >= 0.3 is 0 Å². The molecule has 2 heterocycles. The average Bonchev–Trinajstić information content (AvgIpc) is 2.68. The second kappa shape index (κ2) is 7.95. The van der Waals surface area contributed by atoms with E-state index in [0.29, 0.717) is 37.7 Å². The summed E-state index contributed by atoms with van der Waals surface area (Å²) in [5, 5.41) is 0. The van der Waals surface area contributed by atoms with Crippen molar-refractivity contribution in [1.82, 2.24) is 4.90 Å². The van der Waals surface area contributed by atoms with Gasteiger partial charge in [-0.3, -0.25) is 9.69 Å². The lowest BCUT2D eigenvalue weighted by Gasteiger charge is -2.40. The Morgan fingerprint density at radius 1 is 1.15 bits per heavy atom. The Hall–Kier alpha value is -1.34. The molecule has 2 aromatic rings. The molecule has 1 fully saturated rings. The molecule has 0 N–H and O–H groups in total. The fourth-order valence-electron chi connectivity index (χ4n) is 3.49. The van der Waals surface area contributed by atoms with E-state index in [2.05, 4.69) is 52.0 Å². The second-order valence-corrected chi connectivity index (χ2v) is 9.43. The van der Waals surface area contributed by atoms with Crippen LogP contribution >= 0.6 is 27.7 Å². The lowest BCUT2D eigenvalue weighted by atomic mass is 9.93. The van der Waals surface area contributed by atoms with Gasteiger partial charge in [0.05, 0.1) is 18.8 Å². The number of carbonyl (C=O) groups excluding carboxylic acids is 1. The van der Waals surface area contributed by atoms with Crippen LogP contribution in [0, 0.1) is 6.92 Å². The van der Waals surface area contributed by atoms with E-state index in [1.54, 1.807) is 11.8 Å². The fourth-order valence-corrected chi connectivity index (χ4v) is 5.14. The highest BCUT2D eigenvalue weighted by Crippen LogP contribution is 2.42. The number of halogens is 1. The standard InChI is InChI=1S/C21H22BrNO3S/c1-15-2-5-17(6-3-15)27-21(13-23-8-10-25-11-9-23)14-26-19-7-4-16(22)12-18(19)20(21)24/h2-7,12H,8-11,13-14H2,1H3/t21-/m1/s1. The summed E-state index contributed by atoms with van der Waals surface area (Å²) in [7, 11) is 0. The van der Waals surface area contributed by atoms with Gasteiger partial charge in [0.25, 0.3) is 0 Å². The van der Waals surface area contributed by atoms with Gasteiger partial charge in [0.2, 0.25) is 0 Å². The van der Waals surface area contributed by atoms with E-state index in [-0.39, 0.29) is 5.78 Å². The zero-order valence-corrected chi connectivity index (χ0v) is 17.6. The van der Waals surface area contributed by atoms with Gasteiger partial charge in [-0.2, -0.15) is 0 Å². The Morgan fingerprint density at radius 2 is 1.89 bits per heavy atom. The first-order valence-electron chi connectivity index (χ1n) is 9.09. The molecule has 0 amide bonds. The highest BCUT2D eigenvalue weighted by atomic mass is 79.9. The minimum atomic E-state index is -0.666. The number of morpholine rings is 1. The fraction of sp³-hybridized carbons (Fsp3) is 0.381. The Morgan fingerprint density at radius 3 is 2.63 bits per heavy atom. The van der Waals surface area contributed by atoms with Crippen molar-refractivity contribution in [2.45, 2.75) is 16.6 Å². The molecule has 2 aliphatic rings. The molecule has 27 heavy (non-hydrogen) atoms. The number of ether oxygens (including phenoxy) is 2. The summed E-state index contributed by atoms with van der Waals surface area (Å²) >= 11 is 5.11. The zero-order valence-electron chi connectivity index (χ0n) is 15.2. The van der Waals surface area contributed by atoms with E-state index in [0.717, 1.165) is 22.5 Å². The minimum absolute atomic E-state index is 0.141. The summed E-state index contributed by atoms with van der Waals surface area (Å²) in [6, 6.07) is 14.0. The molecule has 0 radical (unpaired) electrons. The summed E-state index contributed by atoms with van der Waals surface area (Å²) < 4.78 is 11.8. The highest BCUT2D eigenvalue weighted by Gasteiger charge is 2.46. The van der Waals surface area contributed by atoms with Gasteiger partial charge in [-0.15, -0.1) is 11.8 Å². The van der Waals surface area contributed by atoms with E-state index in [4.69, 9.17) is 9.47 Å². The number of hydrogen-bond donors (Lipinski definition) is 0. The van der Waals surface area contributed by atoms with Gasteiger partial charge in [0.15, 0.2) is 5.78 Å². The molecule has 4 rings (SSSR count). The molecule has 1 saturated heterocycles. The predicted octanol–water partition coefficient (Wildman–Crippen LogP) is 4.20. The first-order valence-corrected chi connectivity index (χ1v) is 10.7. The van der Waals surface area contributed by atoms with Crippen molar-refractivity contribution < 1.29 is 14.3 Å². The van der Waals surface area contributed by atoms with Crippen molar-refractivity contribution in [3.05, 3.63) is 58.1 Å². The summed E-state index contributed by atoms with van der Waals surface area (Å²) in [4.78, 5) is 17.1. The number of carbonyl (C=O) groups is 1. The largest absolute Gasteiger partial charge is 0.491 e.